The van der Waals surface area contributed by atoms with Crippen LogP contribution < -0.4 is 5.32 Å². The van der Waals surface area contributed by atoms with Crippen molar-refractivity contribution < 1.29 is 4.52 Å². The van der Waals surface area contributed by atoms with Gasteiger partial charge in [-0.1, -0.05) is 35.1 Å². The van der Waals surface area contributed by atoms with Crippen molar-refractivity contribution in [1.29, 1.82) is 0 Å². The molecule has 0 aliphatic rings. The number of likely N-dealkylation sites (N-methyl/N-ethyl adjacent to an activating group) is 1. The minimum atomic E-state index is 0. The average molecular weight is 312 g/mol. The molecule has 1 aromatic carbocycles. The van der Waals surface area contributed by atoms with E-state index in [0.29, 0.717) is 11.9 Å². The molecule has 1 aromatic heterocycles. The number of nitrogens with zero attached hydrogens (tertiary/aromatic N) is 2. The topological polar surface area (TPSA) is 51.0 Å². The Balaban J connectivity index is 0.00000200. The van der Waals surface area contributed by atoms with Crippen molar-refractivity contribution in [3.8, 4) is 0 Å². The van der Waals surface area contributed by atoms with Gasteiger partial charge in [-0.05, 0) is 31.5 Å². The van der Waals surface area contributed by atoms with Crippen molar-refractivity contribution in [3.05, 3.63) is 47.5 Å². The van der Waals surface area contributed by atoms with Crippen LogP contribution in [-0.2, 0) is 6.42 Å². The molecule has 0 aliphatic heterocycles. The van der Waals surface area contributed by atoms with E-state index in [1.807, 2.05) is 36.7 Å². The molecule has 4 nitrogen and oxygen atoms in total. The Morgan fingerprint density at radius 1 is 1.35 bits per heavy atom. The molecule has 108 valence electrons. The molecule has 6 heteroatoms. The summed E-state index contributed by atoms with van der Waals surface area (Å²) in [5.41, 5.74) is 0. The van der Waals surface area contributed by atoms with Crippen LogP contribution in [0.3, 0.4) is 0 Å². The largest absolute Gasteiger partial charge is 0.335 e. The van der Waals surface area contributed by atoms with E-state index in [2.05, 4.69) is 34.5 Å². The van der Waals surface area contributed by atoms with E-state index in [9.17, 15) is 0 Å². The van der Waals surface area contributed by atoms with Gasteiger partial charge < -0.3 is 9.84 Å². The summed E-state index contributed by atoms with van der Waals surface area (Å²) >= 11 is 1.62. The van der Waals surface area contributed by atoms with E-state index >= 15 is 0 Å². The fraction of sp³-hybridized carbons (Fsp3) is 0.286. The molecule has 2 aromatic rings. The normalized spacial score (nSPS) is 12.3. The molecule has 0 fully saturated rings. The molecule has 0 spiro atoms. The zero-order valence-electron chi connectivity index (χ0n) is 11.4. The fourth-order valence-corrected chi connectivity index (χ4v) is 2.12. The SMILES string of the molecule is CNC(C)Cc1noc(/C=C/Sc2ccccc2)n1.Cl. The number of hydrogen-bond acceptors (Lipinski definition) is 5. The van der Waals surface area contributed by atoms with Crippen LogP contribution in [0.15, 0.2) is 45.2 Å². The number of rotatable bonds is 6. The molecule has 0 saturated heterocycles. The lowest BCUT2D eigenvalue weighted by molar-refractivity contribution is 0.400. The predicted octanol–water partition coefficient (Wildman–Crippen LogP) is 3.40. The summed E-state index contributed by atoms with van der Waals surface area (Å²) in [5.74, 6) is 1.27. The second-order valence-corrected chi connectivity index (χ2v) is 5.16. The van der Waals surface area contributed by atoms with E-state index in [4.69, 9.17) is 4.52 Å². The fourth-order valence-electron chi connectivity index (χ4n) is 1.46. The second kappa shape index (κ2) is 8.79. The summed E-state index contributed by atoms with van der Waals surface area (Å²) < 4.78 is 5.16. The molecular weight excluding hydrogens is 294 g/mol. The minimum Gasteiger partial charge on any atom is -0.335 e. The molecular formula is C14H18ClN3OS. The van der Waals surface area contributed by atoms with Crippen molar-refractivity contribution in [2.24, 2.45) is 0 Å². The first kappa shape index (κ1) is 16.8. The lowest BCUT2D eigenvalue weighted by Crippen LogP contribution is -2.24. The number of aromatic nitrogens is 2. The maximum Gasteiger partial charge on any atom is 0.251 e. The molecule has 0 radical (unpaired) electrons. The van der Waals surface area contributed by atoms with Gasteiger partial charge in [0.25, 0.3) is 5.89 Å². The Labute approximate surface area is 129 Å². The quantitative estimate of drug-likeness (QED) is 0.829. The first-order chi connectivity index (χ1) is 9.28. The van der Waals surface area contributed by atoms with Crippen molar-refractivity contribution >= 4 is 30.2 Å². The van der Waals surface area contributed by atoms with E-state index < -0.39 is 0 Å². The number of halogens is 1. The van der Waals surface area contributed by atoms with Crippen LogP contribution in [0.5, 0.6) is 0 Å². The van der Waals surface area contributed by atoms with E-state index in [0.717, 1.165) is 12.2 Å². The van der Waals surface area contributed by atoms with Crippen LogP contribution in [0.2, 0.25) is 0 Å². The standard InChI is InChI=1S/C14H17N3OS.ClH/c1-11(15-2)10-13-16-14(18-17-13)8-9-19-12-6-4-3-5-7-12;/h3-9,11,15H,10H2,1-2H3;1H/b9-8+;. The van der Waals surface area contributed by atoms with E-state index in [1.165, 1.54) is 4.90 Å². The second-order valence-electron chi connectivity index (χ2n) is 4.18. The van der Waals surface area contributed by atoms with Crippen molar-refractivity contribution in [2.45, 2.75) is 24.3 Å². The lowest BCUT2D eigenvalue weighted by Gasteiger charge is -2.04. The molecule has 0 saturated carbocycles. The van der Waals surface area contributed by atoms with Crippen LogP contribution >= 0.6 is 24.2 Å². The number of nitrogens with one attached hydrogen (secondary N) is 1. The van der Waals surface area contributed by atoms with Gasteiger partial charge in [-0.25, -0.2) is 0 Å². The zero-order valence-corrected chi connectivity index (χ0v) is 13.1. The highest BCUT2D eigenvalue weighted by molar-refractivity contribution is 8.02. The van der Waals surface area contributed by atoms with Gasteiger partial charge in [0, 0.05) is 23.4 Å². The van der Waals surface area contributed by atoms with Crippen LogP contribution in [0.4, 0.5) is 0 Å². The number of thioether (sulfide) groups is 1. The highest BCUT2D eigenvalue weighted by atomic mass is 35.5. The van der Waals surface area contributed by atoms with Gasteiger partial charge in [0.1, 0.15) is 0 Å². The Bertz CT molecular complexity index is 530. The first-order valence-electron chi connectivity index (χ1n) is 6.16. The summed E-state index contributed by atoms with van der Waals surface area (Å²) in [7, 11) is 1.92. The third kappa shape index (κ3) is 5.36. The third-order valence-electron chi connectivity index (χ3n) is 2.62. The summed E-state index contributed by atoms with van der Waals surface area (Å²) in [5, 5.41) is 9.04. The Kier molecular flexibility index (Phi) is 7.36. The maximum absolute atomic E-state index is 5.16. The van der Waals surface area contributed by atoms with E-state index in [-0.39, 0.29) is 12.4 Å². The molecule has 0 amide bonds. The summed E-state index contributed by atoms with van der Waals surface area (Å²) in [6.45, 7) is 2.08. The van der Waals surface area contributed by atoms with Crippen molar-refractivity contribution in [3.63, 3.8) is 0 Å². The molecule has 20 heavy (non-hydrogen) atoms. The summed E-state index contributed by atoms with van der Waals surface area (Å²) in [4.78, 5) is 5.49. The van der Waals surface area contributed by atoms with Crippen molar-refractivity contribution in [1.82, 2.24) is 15.5 Å². The molecule has 2 rings (SSSR count). The predicted molar refractivity (Wildman–Crippen MR) is 85.1 cm³/mol. The highest BCUT2D eigenvalue weighted by Gasteiger charge is 2.07. The van der Waals surface area contributed by atoms with E-state index in [1.54, 1.807) is 11.8 Å². The third-order valence-corrected chi connectivity index (χ3v) is 3.44. The Morgan fingerprint density at radius 3 is 2.80 bits per heavy atom. The molecule has 1 heterocycles. The zero-order chi connectivity index (χ0) is 13.5. The van der Waals surface area contributed by atoms with Crippen LogP contribution in [0, 0.1) is 0 Å². The van der Waals surface area contributed by atoms with Crippen molar-refractivity contribution in [2.75, 3.05) is 7.05 Å². The molecule has 1 atom stereocenters. The molecule has 1 N–H and O–H groups in total. The average Bonchev–Trinajstić information content (AvgIpc) is 2.87. The van der Waals surface area contributed by atoms with Crippen LogP contribution in [-0.4, -0.2) is 23.2 Å². The van der Waals surface area contributed by atoms with Gasteiger partial charge >= 0.3 is 0 Å². The van der Waals surface area contributed by atoms with Gasteiger partial charge in [-0.3, -0.25) is 0 Å². The molecule has 0 bridgehead atoms. The van der Waals surface area contributed by atoms with Crippen LogP contribution in [0.25, 0.3) is 6.08 Å². The van der Waals surface area contributed by atoms with Gasteiger partial charge in [0.15, 0.2) is 5.82 Å². The Hall–Kier alpha value is -1.30. The summed E-state index contributed by atoms with van der Waals surface area (Å²) in [6.07, 6.45) is 2.60. The number of benzene rings is 1. The highest BCUT2D eigenvalue weighted by Crippen LogP contribution is 2.19. The number of hydrogen-bond donors (Lipinski definition) is 1. The maximum atomic E-state index is 5.16. The van der Waals surface area contributed by atoms with Gasteiger partial charge in [-0.15, -0.1) is 12.4 Å². The minimum absolute atomic E-state index is 0. The summed E-state index contributed by atoms with van der Waals surface area (Å²) in [6, 6.07) is 10.5. The monoisotopic (exact) mass is 311 g/mol. The molecule has 1 unspecified atom stereocenters. The van der Waals surface area contributed by atoms with Gasteiger partial charge in [0.05, 0.1) is 0 Å². The lowest BCUT2D eigenvalue weighted by atomic mass is 10.2. The van der Waals surface area contributed by atoms with Crippen LogP contribution in [0.1, 0.15) is 18.6 Å². The van der Waals surface area contributed by atoms with Gasteiger partial charge in [-0.2, -0.15) is 4.98 Å². The molecule has 0 aliphatic carbocycles. The first-order valence-corrected chi connectivity index (χ1v) is 7.04. The van der Waals surface area contributed by atoms with Gasteiger partial charge in [0.2, 0.25) is 0 Å². The Morgan fingerprint density at radius 2 is 2.10 bits per heavy atom. The smallest absolute Gasteiger partial charge is 0.251 e.